The van der Waals surface area contributed by atoms with Crippen LogP contribution in [0.25, 0.3) is 0 Å². The first kappa shape index (κ1) is 14.4. The van der Waals surface area contributed by atoms with Gasteiger partial charge in [-0.05, 0) is 25.8 Å². The minimum atomic E-state index is -0.206. The van der Waals surface area contributed by atoms with Crippen LogP contribution < -0.4 is 5.32 Å². The van der Waals surface area contributed by atoms with Crippen molar-refractivity contribution in [3.63, 3.8) is 0 Å². The van der Waals surface area contributed by atoms with Crippen LogP contribution in [-0.2, 0) is 21.9 Å². The van der Waals surface area contributed by atoms with Crippen molar-refractivity contribution in [1.29, 1.82) is 0 Å². The molecule has 1 fully saturated rings. The molecule has 5 nitrogen and oxygen atoms in total. The smallest absolute Gasteiger partial charge is 0.240 e. The fourth-order valence-electron chi connectivity index (χ4n) is 1.99. The van der Waals surface area contributed by atoms with Crippen LogP contribution >= 0.6 is 22.9 Å². The third kappa shape index (κ3) is 4.56. The monoisotopic (exact) mass is 301 g/mol. The summed E-state index contributed by atoms with van der Waals surface area (Å²) in [6.07, 6.45) is 2.88. The van der Waals surface area contributed by atoms with E-state index in [1.807, 2.05) is 10.3 Å². The molecule has 0 spiro atoms. The first-order valence-corrected chi connectivity index (χ1v) is 7.63. The Kier molecular flexibility index (Phi) is 5.30. The number of hydrogen-bond acceptors (Lipinski definition) is 5. The van der Waals surface area contributed by atoms with Gasteiger partial charge in [0.1, 0.15) is 0 Å². The number of rotatable bonds is 6. The number of imide groups is 1. The quantitative estimate of drug-likeness (QED) is 0.487. The van der Waals surface area contributed by atoms with E-state index >= 15 is 0 Å². The average molecular weight is 302 g/mol. The predicted molar refractivity (Wildman–Crippen MR) is 74.2 cm³/mol. The maximum atomic E-state index is 11.2. The van der Waals surface area contributed by atoms with Crippen molar-refractivity contribution in [2.75, 3.05) is 19.6 Å². The van der Waals surface area contributed by atoms with E-state index in [-0.39, 0.29) is 11.8 Å². The summed E-state index contributed by atoms with van der Waals surface area (Å²) in [7, 11) is 0. The van der Waals surface area contributed by atoms with Gasteiger partial charge in [0.15, 0.2) is 0 Å². The zero-order chi connectivity index (χ0) is 13.7. The van der Waals surface area contributed by atoms with Crippen LogP contribution in [0, 0.1) is 0 Å². The highest BCUT2D eigenvalue weighted by Crippen LogP contribution is 2.14. The minimum absolute atomic E-state index is 0.206. The Hall–Kier alpha value is -0.980. The molecule has 0 aliphatic carbocycles. The number of carbonyl (C=O) groups excluding carboxylic acids is 2. The molecule has 104 valence electrons. The Morgan fingerprint density at radius 2 is 2.05 bits per heavy atom. The van der Waals surface area contributed by atoms with Gasteiger partial charge in [-0.2, -0.15) is 0 Å². The lowest BCUT2D eigenvalue weighted by Crippen LogP contribution is -2.51. The molecular weight excluding hydrogens is 286 g/mol. The second-order valence-corrected chi connectivity index (χ2v) is 5.72. The molecule has 7 heteroatoms. The first-order valence-electron chi connectivity index (χ1n) is 6.21. The Morgan fingerprint density at radius 1 is 1.32 bits per heavy atom. The summed E-state index contributed by atoms with van der Waals surface area (Å²) < 4.78 is 0. The van der Waals surface area contributed by atoms with E-state index in [1.54, 1.807) is 11.3 Å². The second-order valence-electron chi connectivity index (χ2n) is 4.51. The Balaban J connectivity index is 1.66. The number of halogens is 1. The summed E-state index contributed by atoms with van der Waals surface area (Å²) in [5.41, 5.74) is 0.931. The molecule has 0 bridgehead atoms. The molecule has 1 aromatic heterocycles. The summed E-state index contributed by atoms with van der Waals surface area (Å²) in [5, 5.41) is 5.38. The van der Waals surface area contributed by atoms with Gasteiger partial charge in [0.2, 0.25) is 11.8 Å². The molecule has 1 aliphatic rings. The average Bonchev–Trinajstić information content (AvgIpc) is 2.81. The lowest BCUT2D eigenvalue weighted by Gasteiger charge is -2.24. The SMILES string of the molecule is O=C1CN(CCCCc2nc(CCl)cs2)CC(=O)N1. The predicted octanol–water partition coefficient (Wildman–Crippen LogP) is 1.16. The highest BCUT2D eigenvalue weighted by Gasteiger charge is 2.21. The van der Waals surface area contributed by atoms with Crippen LogP contribution in [-0.4, -0.2) is 41.3 Å². The van der Waals surface area contributed by atoms with Crippen LogP contribution in [0.3, 0.4) is 0 Å². The first-order chi connectivity index (χ1) is 9.17. The van der Waals surface area contributed by atoms with E-state index in [1.165, 1.54) is 0 Å². The van der Waals surface area contributed by atoms with Gasteiger partial charge in [-0.25, -0.2) is 4.98 Å². The van der Waals surface area contributed by atoms with E-state index in [9.17, 15) is 9.59 Å². The molecule has 1 aromatic rings. The van der Waals surface area contributed by atoms with Crippen LogP contribution in [0.1, 0.15) is 23.5 Å². The number of carbonyl (C=O) groups is 2. The van der Waals surface area contributed by atoms with Crippen molar-refractivity contribution >= 4 is 34.8 Å². The third-order valence-corrected chi connectivity index (χ3v) is 4.10. The maximum Gasteiger partial charge on any atom is 0.240 e. The van der Waals surface area contributed by atoms with E-state index in [2.05, 4.69) is 10.3 Å². The lowest BCUT2D eigenvalue weighted by molar-refractivity contribution is -0.136. The normalized spacial score (nSPS) is 16.7. The fraction of sp³-hybridized carbons (Fsp3) is 0.583. The molecule has 0 aromatic carbocycles. The number of amides is 2. The molecule has 2 amide bonds. The zero-order valence-electron chi connectivity index (χ0n) is 10.5. The van der Waals surface area contributed by atoms with E-state index < -0.39 is 0 Å². The molecule has 2 rings (SSSR count). The minimum Gasteiger partial charge on any atom is -0.294 e. The summed E-state index contributed by atoms with van der Waals surface area (Å²) in [4.78, 5) is 28.6. The molecule has 2 heterocycles. The van der Waals surface area contributed by atoms with E-state index in [0.717, 1.165) is 36.5 Å². The largest absolute Gasteiger partial charge is 0.294 e. The molecule has 1 aliphatic heterocycles. The number of unbranched alkanes of at least 4 members (excludes halogenated alkanes) is 1. The molecule has 0 radical (unpaired) electrons. The van der Waals surface area contributed by atoms with E-state index in [4.69, 9.17) is 11.6 Å². The number of nitrogens with zero attached hydrogens (tertiary/aromatic N) is 2. The number of nitrogens with one attached hydrogen (secondary N) is 1. The van der Waals surface area contributed by atoms with Crippen LogP contribution in [0.5, 0.6) is 0 Å². The van der Waals surface area contributed by atoms with Gasteiger partial charge >= 0.3 is 0 Å². The molecule has 0 saturated carbocycles. The fourth-order valence-corrected chi connectivity index (χ4v) is 3.06. The van der Waals surface area contributed by atoms with Crippen molar-refractivity contribution in [1.82, 2.24) is 15.2 Å². The van der Waals surface area contributed by atoms with Gasteiger partial charge in [-0.3, -0.25) is 19.8 Å². The third-order valence-electron chi connectivity index (χ3n) is 2.86. The standard InChI is InChI=1S/C12H16ClN3O2S/c13-5-9-8-19-12(14-9)3-1-2-4-16-6-10(17)15-11(18)7-16/h8H,1-7H2,(H,15,17,18). The maximum absolute atomic E-state index is 11.2. The van der Waals surface area contributed by atoms with Crippen molar-refractivity contribution in [3.05, 3.63) is 16.1 Å². The van der Waals surface area contributed by atoms with Crippen molar-refractivity contribution in [3.8, 4) is 0 Å². The Labute approximate surface area is 121 Å². The summed E-state index contributed by atoms with van der Waals surface area (Å²) >= 11 is 7.33. The zero-order valence-corrected chi connectivity index (χ0v) is 12.1. The number of piperazine rings is 1. The number of thiazole rings is 1. The number of alkyl halides is 1. The van der Waals surface area contributed by atoms with Gasteiger partial charge in [-0.1, -0.05) is 0 Å². The highest BCUT2D eigenvalue weighted by atomic mass is 35.5. The highest BCUT2D eigenvalue weighted by molar-refractivity contribution is 7.09. The lowest BCUT2D eigenvalue weighted by atomic mass is 10.2. The van der Waals surface area contributed by atoms with Crippen molar-refractivity contribution in [2.24, 2.45) is 0 Å². The summed E-state index contributed by atoms with van der Waals surface area (Å²) in [6.45, 7) is 1.41. The molecule has 19 heavy (non-hydrogen) atoms. The summed E-state index contributed by atoms with van der Waals surface area (Å²) in [6, 6.07) is 0. The second kappa shape index (κ2) is 6.98. The number of hydrogen-bond donors (Lipinski definition) is 1. The van der Waals surface area contributed by atoms with E-state index in [0.29, 0.717) is 19.0 Å². The number of aryl methyl sites for hydroxylation is 1. The molecule has 1 N–H and O–H groups in total. The molecule has 1 saturated heterocycles. The molecular formula is C12H16ClN3O2S. The molecule has 0 unspecified atom stereocenters. The van der Waals surface area contributed by atoms with Crippen LogP contribution in [0.4, 0.5) is 0 Å². The van der Waals surface area contributed by atoms with Crippen molar-refractivity contribution < 1.29 is 9.59 Å². The summed E-state index contributed by atoms with van der Waals surface area (Å²) in [5.74, 6) is 0.0486. The van der Waals surface area contributed by atoms with Gasteiger partial charge in [0, 0.05) is 5.38 Å². The Morgan fingerprint density at radius 3 is 2.68 bits per heavy atom. The van der Waals surface area contributed by atoms with Gasteiger partial charge in [0.25, 0.3) is 0 Å². The van der Waals surface area contributed by atoms with Crippen molar-refractivity contribution in [2.45, 2.75) is 25.1 Å². The van der Waals surface area contributed by atoms with Gasteiger partial charge < -0.3 is 0 Å². The van der Waals surface area contributed by atoms with Crippen LogP contribution in [0.15, 0.2) is 5.38 Å². The topological polar surface area (TPSA) is 62.3 Å². The van der Waals surface area contributed by atoms with Crippen LogP contribution in [0.2, 0.25) is 0 Å². The molecule has 0 atom stereocenters. The Bertz CT molecular complexity index is 448. The number of aromatic nitrogens is 1. The van der Waals surface area contributed by atoms with Gasteiger partial charge in [0.05, 0.1) is 29.7 Å². The van der Waals surface area contributed by atoms with Gasteiger partial charge in [-0.15, -0.1) is 22.9 Å².